The maximum Gasteiger partial charge on any atom is 0.141 e. The van der Waals surface area contributed by atoms with E-state index >= 15 is 0 Å². The summed E-state index contributed by atoms with van der Waals surface area (Å²) in [5.41, 5.74) is 0.498. The quantitative estimate of drug-likeness (QED) is 0.712. The summed E-state index contributed by atoms with van der Waals surface area (Å²) in [7, 11) is 1.65. The van der Waals surface area contributed by atoms with Crippen LogP contribution < -0.4 is 5.32 Å². The fourth-order valence-electron chi connectivity index (χ4n) is 0.737. The molecule has 0 spiro atoms. The van der Waals surface area contributed by atoms with E-state index in [4.69, 9.17) is 5.11 Å². The zero-order chi connectivity index (χ0) is 8.43. The van der Waals surface area contributed by atoms with Gasteiger partial charge >= 0.3 is 0 Å². The van der Waals surface area contributed by atoms with Crippen LogP contribution in [0.5, 0.6) is 5.75 Å². The normalized spacial score (nSPS) is 9.73. The standard InChI is InChI=1S/C7H7BrFNO/c1-10-6-2-4(8)5(9)3-7(6)11/h2-3,10-11H,1H3. The van der Waals surface area contributed by atoms with Crippen molar-refractivity contribution in [2.75, 3.05) is 12.4 Å². The predicted molar refractivity (Wildman–Crippen MR) is 45.3 cm³/mol. The summed E-state index contributed by atoms with van der Waals surface area (Å²) in [6, 6.07) is 2.53. The highest BCUT2D eigenvalue weighted by Crippen LogP contribution is 2.28. The van der Waals surface area contributed by atoms with E-state index in [0.717, 1.165) is 6.07 Å². The number of rotatable bonds is 1. The van der Waals surface area contributed by atoms with Gasteiger partial charge in [-0.2, -0.15) is 0 Å². The van der Waals surface area contributed by atoms with Crippen molar-refractivity contribution in [3.63, 3.8) is 0 Å². The molecule has 0 saturated heterocycles. The Bertz CT molecular complexity index is 277. The van der Waals surface area contributed by atoms with Crippen LogP contribution >= 0.6 is 15.9 Å². The molecule has 0 aromatic heterocycles. The van der Waals surface area contributed by atoms with Crippen molar-refractivity contribution in [1.29, 1.82) is 0 Å². The van der Waals surface area contributed by atoms with Crippen LogP contribution in [0.2, 0.25) is 0 Å². The largest absolute Gasteiger partial charge is 0.506 e. The van der Waals surface area contributed by atoms with Gasteiger partial charge < -0.3 is 10.4 Å². The maximum absolute atomic E-state index is 12.7. The first-order chi connectivity index (χ1) is 5.15. The third-order valence-corrected chi connectivity index (χ3v) is 1.92. The molecule has 2 N–H and O–H groups in total. The number of phenols is 1. The highest BCUT2D eigenvalue weighted by Gasteiger charge is 2.04. The van der Waals surface area contributed by atoms with Crippen LogP contribution in [0, 0.1) is 5.82 Å². The van der Waals surface area contributed by atoms with Crippen molar-refractivity contribution >= 4 is 21.6 Å². The lowest BCUT2D eigenvalue weighted by Crippen LogP contribution is -1.89. The predicted octanol–water partition coefficient (Wildman–Crippen LogP) is 2.34. The lowest BCUT2D eigenvalue weighted by atomic mass is 10.3. The minimum Gasteiger partial charge on any atom is -0.506 e. The van der Waals surface area contributed by atoms with Gasteiger partial charge in [0.05, 0.1) is 10.2 Å². The molecule has 0 fully saturated rings. The molecule has 0 bridgehead atoms. The highest BCUT2D eigenvalue weighted by atomic mass is 79.9. The second kappa shape index (κ2) is 3.09. The number of phenolic OH excluding ortho intramolecular Hbond substituents is 1. The van der Waals surface area contributed by atoms with Crippen molar-refractivity contribution in [2.45, 2.75) is 0 Å². The molecule has 0 amide bonds. The zero-order valence-electron chi connectivity index (χ0n) is 5.86. The molecule has 0 aliphatic carbocycles. The molecule has 0 saturated carbocycles. The van der Waals surface area contributed by atoms with Crippen molar-refractivity contribution in [1.82, 2.24) is 0 Å². The molecule has 0 heterocycles. The number of hydrogen-bond acceptors (Lipinski definition) is 2. The lowest BCUT2D eigenvalue weighted by Gasteiger charge is -2.03. The molecule has 4 heteroatoms. The van der Waals surface area contributed by atoms with E-state index in [2.05, 4.69) is 21.2 Å². The Kier molecular flexibility index (Phi) is 2.34. The van der Waals surface area contributed by atoms with Crippen LogP contribution in [0.1, 0.15) is 0 Å². The monoisotopic (exact) mass is 219 g/mol. The van der Waals surface area contributed by atoms with Crippen LogP contribution in [-0.2, 0) is 0 Å². The minimum absolute atomic E-state index is 0.0896. The van der Waals surface area contributed by atoms with Gasteiger partial charge in [0.1, 0.15) is 11.6 Å². The molecule has 0 atom stereocenters. The van der Waals surface area contributed by atoms with Crippen molar-refractivity contribution in [3.8, 4) is 5.75 Å². The average Bonchev–Trinajstić information content (AvgIpc) is 1.97. The minimum atomic E-state index is -0.471. The van der Waals surface area contributed by atoms with Gasteiger partial charge in [-0.05, 0) is 22.0 Å². The van der Waals surface area contributed by atoms with E-state index in [1.54, 1.807) is 7.05 Å². The van der Waals surface area contributed by atoms with Crippen LogP contribution in [0.3, 0.4) is 0 Å². The van der Waals surface area contributed by atoms with Crippen LogP contribution in [0.4, 0.5) is 10.1 Å². The molecule has 0 aliphatic rings. The Morgan fingerprint density at radius 1 is 1.55 bits per heavy atom. The van der Waals surface area contributed by atoms with Gasteiger partial charge in [0.25, 0.3) is 0 Å². The molecule has 1 aromatic rings. The van der Waals surface area contributed by atoms with Crippen LogP contribution in [0.15, 0.2) is 16.6 Å². The van der Waals surface area contributed by atoms with Gasteiger partial charge in [-0.3, -0.25) is 0 Å². The highest BCUT2D eigenvalue weighted by molar-refractivity contribution is 9.10. The average molecular weight is 220 g/mol. The molecule has 0 aliphatic heterocycles. The molecular weight excluding hydrogens is 213 g/mol. The molecule has 1 aromatic carbocycles. The smallest absolute Gasteiger partial charge is 0.141 e. The number of anilines is 1. The third-order valence-electron chi connectivity index (χ3n) is 1.31. The second-order valence-electron chi connectivity index (χ2n) is 2.03. The Labute approximate surface area is 72.2 Å². The van der Waals surface area contributed by atoms with E-state index in [1.165, 1.54) is 6.07 Å². The van der Waals surface area contributed by atoms with Crippen molar-refractivity contribution in [3.05, 3.63) is 22.4 Å². The Morgan fingerprint density at radius 2 is 2.18 bits per heavy atom. The van der Waals surface area contributed by atoms with E-state index in [9.17, 15) is 4.39 Å². The van der Waals surface area contributed by atoms with Gasteiger partial charge in [-0.25, -0.2) is 4.39 Å². The summed E-state index contributed by atoms with van der Waals surface area (Å²) in [6.45, 7) is 0. The zero-order valence-corrected chi connectivity index (χ0v) is 7.44. The second-order valence-corrected chi connectivity index (χ2v) is 2.89. The van der Waals surface area contributed by atoms with Crippen molar-refractivity contribution in [2.24, 2.45) is 0 Å². The van der Waals surface area contributed by atoms with Crippen molar-refractivity contribution < 1.29 is 9.50 Å². The van der Waals surface area contributed by atoms with Gasteiger partial charge in [-0.15, -0.1) is 0 Å². The van der Waals surface area contributed by atoms with E-state index < -0.39 is 5.82 Å². The van der Waals surface area contributed by atoms with Gasteiger partial charge in [0.15, 0.2) is 0 Å². The Hall–Kier alpha value is -0.770. The fourth-order valence-corrected chi connectivity index (χ4v) is 1.08. The summed E-state index contributed by atoms with van der Waals surface area (Å²) in [5.74, 6) is -0.560. The Balaban J connectivity index is 3.21. The number of aromatic hydroxyl groups is 1. The SMILES string of the molecule is CNc1cc(Br)c(F)cc1O. The molecule has 60 valence electrons. The van der Waals surface area contributed by atoms with Gasteiger partial charge in [0, 0.05) is 13.1 Å². The van der Waals surface area contributed by atoms with Gasteiger partial charge in [0.2, 0.25) is 0 Å². The van der Waals surface area contributed by atoms with E-state index in [0.29, 0.717) is 10.2 Å². The molecule has 2 nitrogen and oxygen atoms in total. The summed E-state index contributed by atoms with van der Waals surface area (Å²) in [6.07, 6.45) is 0. The molecular formula is C7H7BrFNO. The topological polar surface area (TPSA) is 32.3 Å². The first kappa shape index (κ1) is 8.33. The molecule has 1 rings (SSSR count). The molecule has 0 unspecified atom stereocenters. The third kappa shape index (κ3) is 1.63. The Morgan fingerprint density at radius 3 is 2.73 bits per heavy atom. The number of halogens is 2. The first-order valence-electron chi connectivity index (χ1n) is 3.01. The van der Waals surface area contributed by atoms with E-state index in [-0.39, 0.29) is 5.75 Å². The van der Waals surface area contributed by atoms with E-state index in [1.807, 2.05) is 0 Å². The number of benzene rings is 1. The molecule has 0 radical (unpaired) electrons. The van der Waals surface area contributed by atoms with Crippen LogP contribution in [0.25, 0.3) is 0 Å². The number of hydrogen-bond donors (Lipinski definition) is 2. The summed E-state index contributed by atoms with van der Waals surface area (Å²) >= 11 is 2.99. The summed E-state index contributed by atoms with van der Waals surface area (Å²) in [4.78, 5) is 0. The van der Waals surface area contributed by atoms with Gasteiger partial charge in [-0.1, -0.05) is 0 Å². The molecule has 11 heavy (non-hydrogen) atoms. The van der Waals surface area contributed by atoms with Crippen LogP contribution in [-0.4, -0.2) is 12.2 Å². The number of nitrogens with one attached hydrogen (secondary N) is 1. The summed E-state index contributed by atoms with van der Waals surface area (Å²) < 4.78 is 13.0. The first-order valence-corrected chi connectivity index (χ1v) is 3.80. The lowest BCUT2D eigenvalue weighted by molar-refractivity contribution is 0.471. The fraction of sp³-hybridized carbons (Fsp3) is 0.143. The maximum atomic E-state index is 12.7. The summed E-state index contributed by atoms with van der Waals surface area (Å²) in [5, 5.41) is 11.8.